The van der Waals surface area contributed by atoms with Gasteiger partial charge in [-0.2, -0.15) is 0 Å². The number of carbonyl (C=O) groups is 1. The number of ether oxygens (including phenoxy) is 1. The lowest BCUT2D eigenvalue weighted by molar-refractivity contribution is -0.136. The molecule has 0 bridgehead atoms. The molecule has 3 rings (SSSR count). The Morgan fingerprint density at radius 1 is 1.43 bits per heavy atom. The first-order valence-corrected chi connectivity index (χ1v) is 7.82. The molecular weight excluding hydrogens is 266 g/mol. The number of rotatable bonds is 5. The summed E-state index contributed by atoms with van der Waals surface area (Å²) in [4.78, 5) is 21.0. The third-order valence-corrected chi connectivity index (χ3v) is 4.13. The quantitative estimate of drug-likeness (QED) is 0.827. The topological polar surface area (TPSA) is 45.7 Å². The van der Waals surface area contributed by atoms with Gasteiger partial charge in [-0.15, -0.1) is 0 Å². The second-order valence-corrected chi connectivity index (χ2v) is 5.83. The van der Waals surface area contributed by atoms with Gasteiger partial charge in [0.25, 0.3) is 0 Å². The van der Waals surface area contributed by atoms with Crippen LogP contribution in [0.3, 0.4) is 0 Å². The largest absolute Gasteiger partial charge is 0.372 e. The van der Waals surface area contributed by atoms with Crippen molar-refractivity contribution in [1.29, 1.82) is 0 Å². The Bertz CT molecular complexity index is 502. The Morgan fingerprint density at radius 3 is 3.05 bits per heavy atom. The predicted octanol–water partition coefficient (Wildman–Crippen LogP) is 1.68. The third-order valence-electron chi connectivity index (χ3n) is 4.13. The summed E-state index contributed by atoms with van der Waals surface area (Å²) in [5.74, 6) is 1.93. The molecule has 1 saturated carbocycles. The molecule has 0 spiro atoms. The highest BCUT2D eigenvalue weighted by molar-refractivity contribution is 5.78. The van der Waals surface area contributed by atoms with Crippen LogP contribution in [0, 0.1) is 5.92 Å². The molecule has 1 aromatic rings. The fourth-order valence-electron chi connectivity index (χ4n) is 2.75. The second-order valence-electron chi connectivity index (χ2n) is 5.83. The summed E-state index contributed by atoms with van der Waals surface area (Å²) in [6.07, 6.45) is 4.49. The highest BCUT2D eigenvalue weighted by Crippen LogP contribution is 2.32. The van der Waals surface area contributed by atoms with Crippen molar-refractivity contribution in [3.8, 4) is 0 Å². The third kappa shape index (κ3) is 3.53. The first-order valence-electron chi connectivity index (χ1n) is 7.82. The van der Waals surface area contributed by atoms with Crippen molar-refractivity contribution in [3.05, 3.63) is 23.9 Å². The van der Waals surface area contributed by atoms with Crippen molar-refractivity contribution < 1.29 is 9.53 Å². The highest BCUT2D eigenvalue weighted by atomic mass is 16.5. The summed E-state index contributed by atoms with van der Waals surface area (Å²) in [6.45, 7) is 5.97. The van der Waals surface area contributed by atoms with E-state index in [1.807, 2.05) is 24.1 Å². The van der Waals surface area contributed by atoms with Crippen molar-refractivity contribution in [2.45, 2.75) is 26.3 Å². The van der Waals surface area contributed by atoms with Gasteiger partial charge in [0.2, 0.25) is 5.91 Å². The lowest BCUT2D eigenvalue weighted by atomic mass is 10.2. The zero-order valence-electron chi connectivity index (χ0n) is 12.6. The molecule has 0 saturated heterocycles. The number of carbonyl (C=O) groups excluding carboxylic acids is 1. The minimum Gasteiger partial charge on any atom is -0.372 e. The first kappa shape index (κ1) is 14.3. The molecule has 1 aromatic heterocycles. The van der Waals surface area contributed by atoms with Gasteiger partial charge in [-0.1, -0.05) is 6.07 Å². The number of nitrogens with zero attached hydrogens (tertiary/aromatic N) is 3. The van der Waals surface area contributed by atoms with E-state index in [4.69, 9.17) is 4.74 Å². The molecule has 1 fully saturated rings. The van der Waals surface area contributed by atoms with Crippen molar-refractivity contribution in [1.82, 2.24) is 9.88 Å². The van der Waals surface area contributed by atoms with Crippen LogP contribution < -0.4 is 4.90 Å². The number of anilines is 1. The highest BCUT2D eigenvalue weighted by Gasteiger charge is 2.29. The molecule has 114 valence electrons. The molecule has 5 nitrogen and oxygen atoms in total. The molecule has 2 heterocycles. The standard InChI is InChI=1S/C16H23N3O2/c1-2-21-12-15(20)18-8-9-19(10-13-5-6-13)16-14(11-18)4-3-7-17-16/h3-4,7,13H,2,5-6,8-12H2,1H3. The fourth-order valence-corrected chi connectivity index (χ4v) is 2.75. The molecule has 1 aliphatic heterocycles. The Morgan fingerprint density at radius 2 is 2.29 bits per heavy atom. The Labute approximate surface area is 125 Å². The molecule has 0 N–H and O–H groups in total. The van der Waals surface area contributed by atoms with Gasteiger partial charge >= 0.3 is 0 Å². The van der Waals surface area contributed by atoms with Gasteiger partial charge < -0.3 is 14.5 Å². The zero-order chi connectivity index (χ0) is 14.7. The number of amides is 1. The van der Waals surface area contributed by atoms with Crippen LogP contribution >= 0.6 is 0 Å². The summed E-state index contributed by atoms with van der Waals surface area (Å²) in [6, 6.07) is 4.03. The minimum absolute atomic E-state index is 0.0694. The van der Waals surface area contributed by atoms with E-state index in [1.54, 1.807) is 0 Å². The van der Waals surface area contributed by atoms with Gasteiger partial charge in [0.1, 0.15) is 12.4 Å². The number of aromatic nitrogens is 1. The molecule has 1 amide bonds. The zero-order valence-corrected chi connectivity index (χ0v) is 12.6. The first-order chi connectivity index (χ1) is 10.3. The summed E-state index contributed by atoms with van der Waals surface area (Å²) in [5, 5.41) is 0. The SMILES string of the molecule is CCOCC(=O)N1CCN(CC2CC2)c2ncccc2C1. The minimum atomic E-state index is 0.0694. The molecule has 0 atom stereocenters. The molecule has 21 heavy (non-hydrogen) atoms. The van der Waals surface area contributed by atoms with Gasteiger partial charge in [0, 0.05) is 44.5 Å². The number of hydrogen-bond acceptors (Lipinski definition) is 4. The van der Waals surface area contributed by atoms with Gasteiger partial charge in [0.05, 0.1) is 0 Å². The van der Waals surface area contributed by atoms with Crippen LogP contribution in [0.5, 0.6) is 0 Å². The normalized spacial score (nSPS) is 18.3. The van der Waals surface area contributed by atoms with E-state index in [-0.39, 0.29) is 12.5 Å². The van der Waals surface area contributed by atoms with Gasteiger partial charge in [-0.25, -0.2) is 4.98 Å². The Balaban J connectivity index is 1.74. The van der Waals surface area contributed by atoms with Crippen molar-refractivity contribution >= 4 is 11.7 Å². The van der Waals surface area contributed by atoms with Gasteiger partial charge in [-0.3, -0.25) is 4.79 Å². The second kappa shape index (κ2) is 6.43. The molecule has 0 radical (unpaired) electrons. The average molecular weight is 289 g/mol. The van der Waals surface area contributed by atoms with Gasteiger partial charge in [0.15, 0.2) is 0 Å². The number of fused-ring (bicyclic) bond motifs is 1. The van der Waals surface area contributed by atoms with E-state index in [2.05, 4.69) is 16.0 Å². The van der Waals surface area contributed by atoms with Crippen LogP contribution in [0.2, 0.25) is 0 Å². The van der Waals surface area contributed by atoms with E-state index in [1.165, 1.54) is 12.8 Å². The number of hydrogen-bond donors (Lipinski definition) is 0. The van der Waals surface area contributed by atoms with Gasteiger partial charge in [-0.05, 0) is 31.7 Å². The lowest BCUT2D eigenvalue weighted by Crippen LogP contribution is -2.38. The van der Waals surface area contributed by atoms with Crippen LogP contribution in [-0.2, 0) is 16.1 Å². The number of pyridine rings is 1. The van der Waals surface area contributed by atoms with E-state index in [0.717, 1.165) is 36.9 Å². The van der Waals surface area contributed by atoms with Crippen LogP contribution in [-0.4, -0.2) is 48.6 Å². The predicted molar refractivity (Wildman–Crippen MR) is 81.1 cm³/mol. The maximum Gasteiger partial charge on any atom is 0.248 e. The molecule has 1 aliphatic carbocycles. The Hall–Kier alpha value is -1.62. The van der Waals surface area contributed by atoms with E-state index >= 15 is 0 Å². The van der Waals surface area contributed by atoms with Crippen molar-refractivity contribution in [2.24, 2.45) is 5.92 Å². The van der Waals surface area contributed by atoms with Crippen LogP contribution in [0.15, 0.2) is 18.3 Å². The van der Waals surface area contributed by atoms with E-state index in [9.17, 15) is 4.79 Å². The summed E-state index contributed by atoms with van der Waals surface area (Å²) in [7, 11) is 0. The van der Waals surface area contributed by atoms with E-state index in [0.29, 0.717) is 13.2 Å². The smallest absolute Gasteiger partial charge is 0.248 e. The fraction of sp³-hybridized carbons (Fsp3) is 0.625. The summed E-state index contributed by atoms with van der Waals surface area (Å²) in [5.41, 5.74) is 1.14. The van der Waals surface area contributed by atoms with Crippen molar-refractivity contribution in [2.75, 3.05) is 37.7 Å². The molecule has 0 aromatic carbocycles. The van der Waals surface area contributed by atoms with Crippen LogP contribution in [0.4, 0.5) is 5.82 Å². The monoisotopic (exact) mass is 289 g/mol. The summed E-state index contributed by atoms with van der Waals surface area (Å²) < 4.78 is 5.26. The van der Waals surface area contributed by atoms with E-state index < -0.39 is 0 Å². The molecular formula is C16H23N3O2. The Kier molecular flexibility index (Phi) is 4.39. The molecule has 5 heteroatoms. The molecule has 0 unspecified atom stereocenters. The summed E-state index contributed by atoms with van der Waals surface area (Å²) >= 11 is 0. The maximum atomic E-state index is 12.2. The lowest BCUT2D eigenvalue weighted by Gasteiger charge is -2.23. The van der Waals surface area contributed by atoms with Crippen molar-refractivity contribution in [3.63, 3.8) is 0 Å². The maximum absolute atomic E-state index is 12.2. The van der Waals surface area contributed by atoms with Crippen LogP contribution in [0.25, 0.3) is 0 Å². The molecule has 2 aliphatic rings. The van der Waals surface area contributed by atoms with Crippen LogP contribution in [0.1, 0.15) is 25.3 Å². The average Bonchev–Trinajstić information content (AvgIpc) is 3.33.